The third-order valence-corrected chi connectivity index (χ3v) is 6.14. The zero-order chi connectivity index (χ0) is 24.0. The molecule has 8 heteroatoms. The Balaban J connectivity index is 1.69. The number of nitrogens with zero attached hydrogens (tertiary/aromatic N) is 2. The van der Waals surface area contributed by atoms with Gasteiger partial charge in [0.05, 0.1) is 15.6 Å². The molecule has 0 unspecified atom stereocenters. The number of hydrogen-bond acceptors (Lipinski definition) is 5. The molecular formula is C26H18Cl2N2O4. The van der Waals surface area contributed by atoms with E-state index >= 15 is 0 Å². The summed E-state index contributed by atoms with van der Waals surface area (Å²) >= 11 is 12.9. The SMILES string of the molecule is CC(C)c1onc(-c2c(Cl)cccc2Cl)c1-c1nc2cc(-c3ccccc3C(=O)O)ccc2o1. The number of carbonyl (C=O) groups is 1. The van der Waals surface area contributed by atoms with Crippen LogP contribution in [0.5, 0.6) is 0 Å². The molecule has 0 radical (unpaired) electrons. The third-order valence-electron chi connectivity index (χ3n) is 5.51. The van der Waals surface area contributed by atoms with Crippen LogP contribution in [0.25, 0.3) is 44.9 Å². The second-order valence-corrected chi connectivity index (χ2v) is 8.89. The monoisotopic (exact) mass is 492 g/mol. The number of hydrogen-bond donors (Lipinski definition) is 1. The van der Waals surface area contributed by atoms with Crippen LogP contribution in [0.3, 0.4) is 0 Å². The van der Waals surface area contributed by atoms with Crippen LogP contribution < -0.4 is 0 Å². The molecule has 0 saturated heterocycles. The third kappa shape index (κ3) is 3.75. The van der Waals surface area contributed by atoms with E-state index in [2.05, 4.69) is 5.16 Å². The van der Waals surface area contributed by atoms with Crippen molar-refractivity contribution < 1.29 is 18.8 Å². The van der Waals surface area contributed by atoms with Crippen molar-refractivity contribution in [3.63, 3.8) is 0 Å². The summed E-state index contributed by atoms with van der Waals surface area (Å²) in [7, 11) is 0. The van der Waals surface area contributed by atoms with Gasteiger partial charge in [-0.05, 0) is 41.5 Å². The van der Waals surface area contributed by atoms with Crippen LogP contribution in [0.1, 0.15) is 35.9 Å². The van der Waals surface area contributed by atoms with Gasteiger partial charge in [-0.1, -0.05) is 72.5 Å². The highest BCUT2D eigenvalue weighted by Gasteiger charge is 2.28. The number of oxazole rings is 1. The normalized spacial score (nSPS) is 11.4. The summed E-state index contributed by atoms with van der Waals surface area (Å²) in [4.78, 5) is 16.4. The quantitative estimate of drug-likeness (QED) is 0.267. The molecule has 3 aromatic carbocycles. The lowest BCUT2D eigenvalue weighted by molar-refractivity contribution is 0.0697. The number of aromatic nitrogens is 2. The number of halogens is 2. The van der Waals surface area contributed by atoms with Gasteiger partial charge >= 0.3 is 5.97 Å². The van der Waals surface area contributed by atoms with Crippen LogP contribution in [-0.2, 0) is 0 Å². The minimum absolute atomic E-state index is 0.00877. The molecule has 6 nitrogen and oxygen atoms in total. The van der Waals surface area contributed by atoms with Crippen molar-refractivity contribution in [3.8, 4) is 33.8 Å². The standard InChI is InChI=1S/C26H18Cl2N2O4/c1-13(2)24-22(23(30-34-24)21-17(27)8-5-9-18(21)28)25-29-19-12-14(10-11-20(19)33-25)15-6-3-4-7-16(15)26(31)32/h3-13H,1-2H3,(H,31,32). The predicted molar refractivity (Wildman–Crippen MR) is 131 cm³/mol. The molecule has 0 aliphatic heterocycles. The zero-order valence-electron chi connectivity index (χ0n) is 18.2. The number of aromatic carboxylic acids is 1. The van der Waals surface area contributed by atoms with E-state index in [1.807, 2.05) is 19.9 Å². The summed E-state index contributed by atoms with van der Waals surface area (Å²) in [5, 5.41) is 14.7. The Morgan fingerprint density at radius 2 is 1.71 bits per heavy atom. The van der Waals surface area contributed by atoms with Gasteiger partial charge < -0.3 is 14.0 Å². The minimum Gasteiger partial charge on any atom is -0.478 e. The Bertz CT molecular complexity index is 1530. The van der Waals surface area contributed by atoms with Crippen molar-refractivity contribution in [1.29, 1.82) is 0 Å². The lowest BCUT2D eigenvalue weighted by Crippen LogP contribution is -1.98. The van der Waals surface area contributed by atoms with Crippen LogP contribution in [0.2, 0.25) is 10.0 Å². The Kier molecular flexibility index (Phi) is 5.63. The van der Waals surface area contributed by atoms with E-state index in [1.165, 1.54) is 0 Å². The second-order valence-electron chi connectivity index (χ2n) is 8.07. The molecule has 2 heterocycles. The molecule has 0 atom stereocenters. The maximum absolute atomic E-state index is 11.7. The molecule has 34 heavy (non-hydrogen) atoms. The number of benzene rings is 3. The first-order valence-corrected chi connectivity index (χ1v) is 11.3. The highest BCUT2D eigenvalue weighted by molar-refractivity contribution is 6.39. The van der Waals surface area contributed by atoms with E-state index in [1.54, 1.807) is 54.6 Å². The predicted octanol–water partition coefficient (Wildman–Crippen LogP) is 7.95. The Morgan fingerprint density at radius 1 is 0.971 bits per heavy atom. The van der Waals surface area contributed by atoms with Crippen LogP contribution >= 0.6 is 23.2 Å². The highest BCUT2D eigenvalue weighted by Crippen LogP contribution is 2.43. The van der Waals surface area contributed by atoms with Gasteiger partial charge in [-0.2, -0.15) is 0 Å². The van der Waals surface area contributed by atoms with Gasteiger partial charge in [0.25, 0.3) is 0 Å². The van der Waals surface area contributed by atoms with E-state index < -0.39 is 5.97 Å². The molecule has 0 saturated carbocycles. The molecule has 5 aromatic rings. The Hall–Kier alpha value is -3.61. The van der Waals surface area contributed by atoms with E-state index in [0.29, 0.717) is 60.7 Å². The van der Waals surface area contributed by atoms with Crippen LogP contribution in [0.15, 0.2) is 69.6 Å². The minimum atomic E-state index is -0.996. The van der Waals surface area contributed by atoms with Gasteiger partial charge in [-0.3, -0.25) is 0 Å². The van der Waals surface area contributed by atoms with Gasteiger partial charge in [-0.15, -0.1) is 0 Å². The van der Waals surface area contributed by atoms with Crippen molar-refractivity contribution in [3.05, 3.63) is 82.0 Å². The highest BCUT2D eigenvalue weighted by atomic mass is 35.5. The first-order valence-electron chi connectivity index (χ1n) is 10.5. The van der Waals surface area contributed by atoms with Gasteiger partial charge in [0, 0.05) is 11.5 Å². The molecule has 2 aromatic heterocycles. The van der Waals surface area contributed by atoms with Crippen molar-refractivity contribution in [2.45, 2.75) is 19.8 Å². The average Bonchev–Trinajstić information content (AvgIpc) is 3.42. The van der Waals surface area contributed by atoms with Crippen molar-refractivity contribution in [1.82, 2.24) is 10.1 Å². The van der Waals surface area contributed by atoms with Gasteiger partial charge in [0.1, 0.15) is 16.8 Å². The number of fused-ring (bicyclic) bond motifs is 1. The lowest BCUT2D eigenvalue weighted by atomic mass is 9.99. The van der Waals surface area contributed by atoms with E-state index in [-0.39, 0.29) is 11.5 Å². The molecule has 0 amide bonds. The summed E-state index contributed by atoms with van der Waals surface area (Å²) in [5.41, 5.74) is 4.19. The zero-order valence-corrected chi connectivity index (χ0v) is 19.7. The Labute approximate surface area is 204 Å². The smallest absolute Gasteiger partial charge is 0.336 e. The van der Waals surface area contributed by atoms with E-state index in [9.17, 15) is 9.90 Å². The molecule has 0 aliphatic carbocycles. The van der Waals surface area contributed by atoms with Crippen LogP contribution in [-0.4, -0.2) is 21.2 Å². The summed E-state index contributed by atoms with van der Waals surface area (Å²) in [5.74, 6) is -0.0991. The first-order chi connectivity index (χ1) is 16.3. The molecule has 0 aliphatic rings. The van der Waals surface area contributed by atoms with Gasteiger partial charge in [-0.25, -0.2) is 9.78 Å². The maximum atomic E-state index is 11.7. The lowest BCUT2D eigenvalue weighted by Gasteiger charge is -2.06. The molecule has 1 N–H and O–H groups in total. The van der Waals surface area contributed by atoms with E-state index in [0.717, 1.165) is 0 Å². The molecule has 0 fully saturated rings. The van der Waals surface area contributed by atoms with Gasteiger partial charge in [0.2, 0.25) is 5.89 Å². The van der Waals surface area contributed by atoms with Crippen molar-refractivity contribution in [2.24, 2.45) is 0 Å². The maximum Gasteiger partial charge on any atom is 0.336 e. The largest absolute Gasteiger partial charge is 0.478 e. The number of rotatable bonds is 5. The summed E-state index contributed by atoms with van der Waals surface area (Å²) in [6.45, 7) is 3.96. The Morgan fingerprint density at radius 3 is 2.41 bits per heavy atom. The fourth-order valence-electron chi connectivity index (χ4n) is 3.92. The summed E-state index contributed by atoms with van der Waals surface area (Å²) < 4.78 is 11.8. The fraction of sp³-hybridized carbons (Fsp3) is 0.115. The fourth-order valence-corrected chi connectivity index (χ4v) is 4.50. The average molecular weight is 493 g/mol. The van der Waals surface area contributed by atoms with Crippen LogP contribution in [0.4, 0.5) is 0 Å². The molecule has 0 bridgehead atoms. The van der Waals surface area contributed by atoms with Gasteiger partial charge in [0.15, 0.2) is 11.3 Å². The topological polar surface area (TPSA) is 89.4 Å². The van der Waals surface area contributed by atoms with E-state index in [4.69, 9.17) is 37.1 Å². The summed E-state index contributed by atoms with van der Waals surface area (Å²) in [6, 6.07) is 17.4. The molecule has 0 spiro atoms. The van der Waals surface area contributed by atoms with Crippen molar-refractivity contribution in [2.75, 3.05) is 0 Å². The second kappa shape index (κ2) is 8.63. The molecular weight excluding hydrogens is 475 g/mol. The van der Waals surface area contributed by atoms with Crippen molar-refractivity contribution >= 4 is 40.3 Å². The number of carboxylic acid groups (broad SMARTS) is 1. The summed E-state index contributed by atoms with van der Waals surface area (Å²) in [6.07, 6.45) is 0. The first kappa shape index (κ1) is 22.2. The van der Waals surface area contributed by atoms with Crippen LogP contribution in [0, 0.1) is 0 Å². The molecule has 5 rings (SSSR count). The molecule has 170 valence electrons. The number of carboxylic acids is 1.